The molecule has 2 heterocycles. The summed E-state index contributed by atoms with van der Waals surface area (Å²) in [5, 5.41) is 3.61. The van der Waals surface area contributed by atoms with E-state index in [2.05, 4.69) is 44.3 Å². The lowest BCUT2D eigenvalue weighted by atomic mass is 9.93. The van der Waals surface area contributed by atoms with E-state index in [-0.39, 0.29) is 11.6 Å². The Hall–Kier alpha value is -1.06. The van der Waals surface area contributed by atoms with E-state index in [0.717, 1.165) is 38.3 Å². The van der Waals surface area contributed by atoms with Crippen molar-refractivity contribution < 1.29 is 9.47 Å². The van der Waals surface area contributed by atoms with Gasteiger partial charge in [0.25, 0.3) is 0 Å². The highest BCUT2D eigenvalue weighted by atomic mass is 16.5. The van der Waals surface area contributed by atoms with Crippen LogP contribution in [0.3, 0.4) is 0 Å². The summed E-state index contributed by atoms with van der Waals surface area (Å²) >= 11 is 0. The van der Waals surface area contributed by atoms with Crippen molar-refractivity contribution in [1.29, 1.82) is 0 Å². The van der Waals surface area contributed by atoms with E-state index < -0.39 is 0 Å². The van der Waals surface area contributed by atoms with Crippen LogP contribution in [0.5, 0.6) is 5.75 Å². The van der Waals surface area contributed by atoms with Crippen molar-refractivity contribution in [3.63, 3.8) is 0 Å². The summed E-state index contributed by atoms with van der Waals surface area (Å²) in [7, 11) is 0. The van der Waals surface area contributed by atoms with E-state index in [9.17, 15) is 0 Å². The molecule has 0 amide bonds. The largest absolute Gasteiger partial charge is 0.493 e. The molecule has 0 spiro atoms. The third-order valence-corrected chi connectivity index (χ3v) is 4.15. The minimum atomic E-state index is 0.166. The van der Waals surface area contributed by atoms with Crippen molar-refractivity contribution in [2.24, 2.45) is 5.92 Å². The lowest BCUT2D eigenvalue weighted by Gasteiger charge is -2.26. The molecule has 2 atom stereocenters. The summed E-state index contributed by atoms with van der Waals surface area (Å²) < 4.78 is 11.6. The summed E-state index contributed by atoms with van der Waals surface area (Å²) in [5.41, 5.74) is 2.81. The number of hydrogen-bond acceptors (Lipinski definition) is 3. The zero-order valence-electron chi connectivity index (χ0n) is 12.7. The standard InChI is InChI=1S/C17H25NO2/c1-17(2,3)18-11-14-7-9-20-16(14)13-4-5-15-12(10-13)6-8-19-15/h4-5,10,14,16,18H,6-9,11H2,1-3H3. The third kappa shape index (κ3) is 2.99. The first-order chi connectivity index (χ1) is 9.53. The van der Waals surface area contributed by atoms with E-state index in [1.54, 1.807) is 0 Å². The Balaban J connectivity index is 1.72. The molecule has 1 aromatic carbocycles. The molecule has 2 aliphatic heterocycles. The van der Waals surface area contributed by atoms with E-state index in [4.69, 9.17) is 9.47 Å². The van der Waals surface area contributed by atoms with Crippen LogP contribution in [0.2, 0.25) is 0 Å². The van der Waals surface area contributed by atoms with Crippen molar-refractivity contribution in [1.82, 2.24) is 5.32 Å². The summed E-state index contributed by atoms with van der Waals surface area (Å²) in [4.78, 5) is 0. The molecule has 110 valence electrons. The third-order valence-electron chi connectivity index (χ3n) is 4.15. The van der Waals surface area contributed by atoms with Gasteiger partial charge in [-0.1, -0.05) is 6.07 Å². The first-order valence-electron chi connectivity index (χ1n) is 7.65. The van der Waals surface area contributed by atoms with E-state index in [1.165, 1.54) is 11.1 Å². The fourth-order valence-electron chi connectivity index (χ4n) is 3.03. The molecule has 2 unspecified atom stereocenters. The van der Waals surface area contributed by atoms with Crippen LogP contribution in [0.1, 0.15) is 44.4 Å². The molecule has 2 aliphatic rings. The van der Waals surface area contributed by atoms with Gasteiger partial charge in [-0.25, -0.2) is 0 Å². The average Bonchev–Trinajstić information content (AvgIpc) is 3.03. The van der Waals surface area contributed by atoms with Crippen molar-refractivity contribution in [2.75, 3.05) is 19.8 Å². The number of nitrogens with one attached hydrogen (secondary N) is 1. The minimum Gasteiger partial charge on any atom is -0.493 e. The number of rotatable bonds is 3. The van der Waals surface area contributed by atoms with Gasteiger partial charge in [0, 0.05) is 31.0 Å². The van der Waals surface area contributed by atoms with Crippen LogP contribution in [0.15, 0.2) is 18.2 Å². The van der Waals surface area contributed by atoms with Crippen molar-refractivity contribution in [2.45, 2.75) is 45.3 Å². The Kier molecular flexibility index (Phi) is 3.74. The van der Waals surface area contributed by atoms with E-state index in [1.807, 2.05) is 0 Å². The molecule has 1 N–H and O–H groups in total. The highest BCUT2D eigenvalue weighted by molar-refractivity contribution is 5.40. The predicted octanol–water partition coefficient (Wildman–Crippen LogP) is 3.09. The van der Waals surface area contributed by atoms with Crippen LogP contribution in [-0.2, 0) is 11.2 Å². The number of hydrogen-bond donors (Lipinski definition) is 1. The van der Waals surface area contributed by atoms with Gasteiger partial charge in [-0.05, 0) is 50.5 Å². The Morgan fingerprint density at radius 1 is 1.25 bits per heavy atom. The number of ether oxygens (including phenoxy) is 2. The quantitative estimate of drug-likeness (QED) is 0.919. The molecule has 0 saturated carbocycles. The van der Waals surface area contributed by atoms with Gasteiger partial charge in [0.05, 0.1) is 12.7 Å². The molecule has 0 radical (unpaired) electrons. The monoisotopic (exact) mass is 275 g/mol. The van der Waals surface area contributed by atoms with Crippen LogP contribution >= 0.6 is 0 Å². The SMILES string of the molecule is CC(C)(C)NCC1CCOC1c1ccc2c(c1)CCO2. The fraction of sp³-hybridized carbons (Fsp3) is 0.647. The van der Waals surface area contributed by atoms with Crippen molar-refractivity contribution in [3.05, 3.63) is 29.3 Å². The van der Waals surface area contributed by atoms with Crippen LogP contribution in [0, 0.1) is 5.92 Å². The molecular weight excluding hydrogens is 250 g/mol. The molecule has 1 fully saturated rings. The molecule has 0 aliphatic carbocycles. The highest BCUT2D eigenvalue weighted by Crippen LogP contribution is 2.37. The molecule has 3 rings (SSSR count). The summed E-state index contributed by atoms with van der Waals surface area (Å²) in [5.74, 6) is 1.62. The van der Waals surface area contributed by atoms with Gasteiger partial charge in [-0.2, -0.15) is 0 Å². The van der Waals surface area contributed by atoms with Crippen molar-refractivity contribution in [3.8, 4) is 5.75 Å². The second kappa shape index (κ2) is 5.38. The minimum absolute atomic E-state index is 0.166. The van der Waals surface area contributed by atoms with Crippen LogP contribution in [0.4, 0.5) is 0 Å². The first kappa shape index (κ1) is 13.9. The van der Waals surface area contributed by atoms with Gasteiger partial charge in [0.2, 0.25) is 0 Å². The van der Waals surface area contributed by atoms with Crippen LogP contribution in [0.25, 0.3) is 0 Å². The number of benzene rings is 1. The normalized spacial score (nSPS) is 25.6. The molecule has 3 heteroatoms. The number of fused-ring (bicyclic) bond motifs is 1. The Morgan fingerprint density at radius 3 is 2.90 bits per heavy atom. The predicted molar refractivity (Wildman–Crippen MR) is 80.2 cm³/mol. The maximum atomic E-state index is 6.00. The zero-order valence-corrected chi connectivity index (χ0v) is 12.7. The zero-order chi connectivity index (χ0) is 14.2. The topological polar surface area (TPSA) is 30.5 Å². The first-order valence-corrected chi connectivity index (χ1v) is 7.65. The van der Waals surface area contributed by atoms with Gasteiger partial charge in [0.1, 0.15) is 5.75 Å². The fourth-order valence-corrected chi connectivity index (χ4v) is 3.03. The lowest BCUT2D eigenvalue weighted by molar-refractivity contribution is 0.0889. The molecule has 0 aromatic heterocycles. The van der Waals surface area contributed by atoms with E-state index in [0.29, 0.717) is 5.92 Å². The molecule has 20 heavy (non-hydrogen) atoms. The highest BCUT2D eigenvalue weighted by Gasteiger charge is 2.31. The van der Waals surface area contributed by atoms with Crippen LogP contribution < -0.4 is 10.1 Å². The van der Waals surface area contributed by atoms with Gasteiger partial charge in [0.15, 0.2) is 0 Å². The Bertz CT molecular complexity index is 478. The Labute approximate surface area is 121 Å². The van der Waals surface area contributed by atoms with Gasteiger partial charge < -0.3 is 14.8 Å². The molecule has 1 saturated heterocycles. The maximum absolute atomic E-state index is 6.00. The Morgan fingerprint density at radius 2 is 2.10 bits per heavy atom. The lowest BCUT2D eigenvalue weighted by Crippen LogP contribution is -2.39. The van der Waals surface area contributed by atoms with Gasteiger partial charge in [-0.15, -0.1) is 0 Å². The summed E-state index contributed by atoms with van der Waals surface area (Å²) in [6.07, 6.45) is 2.40. The van der Waals surface area contributed by atoms with Crippen molar-refractivity contribution >= 4 is 0 Å². The molecular formula is C17H25NO2. The smallest absolute Gasteiger partial charge is 0.122 e. The molecule has 1 aromatic rings. The molecule has 3 nitrogen and oxygen atoms in total. The maximum Gasteiger partial charge on any atom is 0.122 e. The summed E-state index contributed by atoms with van der Waals surface area (Å²) in [6, 6.07) is 6.56. The van der Waals surface area contributed by atoms with Gasteiger partial charge >= 0.3 is 0 Å². The average molecular weight is 275 g/mol. The second-order valence-corrected chi connectivity index (χ2v) is 6.94. The molecule has 0 bridgehead atoms. The second-order valence-electron chi connectivity index (χ2n) is 6.94. The van der Waals surface area contributed by atoms with Crippen LogP contribution in [-0.4, -0.2) is 25.3 Å². The van der Waals surface area contributed by atoms with E-state index >= 15 is 0 Å². The summed E-state index contributed by atoms with van der Waals surface area (Å²) in [6.45, 7) is 9.34. The van der Waals surface area contributed by atoms with Gasteiger partial charge in [-0.3, -0.25) is 0 Å².